The average Bonchev–Trinajstić information content (AvgIpc) is 3.15. The van der Waals surface area contributed by atoms with Gasteiger partial charge in [-0.15, -0.1) is 11.3 Å². The number of carbonyl (C=O) groups excluding carboxylic acids is 2. The lowest BCUT2D eigenvalue weighted by Crippen LogP contribution is -2.21. The number of amides is 1. The van der Waals surface area contributed by atoms with Gasteiger partial charge < -0.3 is 20.2 Å². The van der Waals surface area contributed by atoms with E-state index in [0.717, 1.165) is 36.1 Å². The monoisotopic (exact) mass is 392 g/mol. The van der Waals surface area contributed by atoms with Crippen LogP contribution >= 0.6 is 11.3 Å². The Kier molecular flexibility index (Phi) is 5.54. The second-order valence-electron chi connectivity index (χ2n) is 6.24. The molecule has 10 heteroatoms. The fraction of sp³-hybridized carbons (Fsp3) is 0.471. The van der Waals surface area contributed by atoms with E-state index in [2.05, 4.69) is 10.4 Å². The maximum atomic E-state index is 12.5. The van der Waals surface area contributed by atoms with E-state index in [1.54, 1.807) is 13.8 Å². The summed E-state index contributed by atoms with van der Waals surface area (Å²) in [6.45, 7) is 3.46. The fourth-order valence-electron chi connectivity index (χ4n) is 3.12. The molecule has 1 aliphatic rings. The Morgan fingerprint density at radius 1 is 1.41 bits per heavy atom. The van der Waals surface area contributed by atoms with E-state index in [1.165, 1.54) is 22.1 Å². The van der Waals surface area contributed by atoms with Gasteiger partial charge in [0.15, 0.2) is 0 Å². The van der Waals surface area contributed by atoms with Crippen molar-refractivity contribution in [2.45, 2.75) is 46.1 Å². The number of fused-ring (bicyclic) bond motifs is 1. The maximum absolute atomic E-state index is 12.5. The minimum absolute atomic E-state index is 0.176. The van der Waals surface area contributed by atoms with Gasteiger partial charge in [0.2, 0.25) is 5.91 Å². The molecule has 0 aromatic carbocycles. The highest BCUT2D eigenvalue weighted by atomic mass is 32.1. The zero-order valence-corrected chi connectivity index (χ0v) is 15.9. The Balaban J connectivity index is 1.82. The van der Waals surface area contributed by atoms with Crippen molar-refractivity contribution in [1.29, 1.82) is 0 Å². The molecule has 2 aromatic rings. The Hall–Kier alpha value is -2.75. The Morgan fingerprint density at radius 2 is 2.15 bits per heavy atom. The second kappa shape index (κ2) is 7.87. The van der Waals surface area contributed by atoms with Crippen molar-refractivity contribution in [1.82, 2.24) is 9.78 Å². The molecule has 3 rings (SSSR count). The summed E-state index contributed by atoms with van der Waals surface area (Å²) in [7, 11) is 0. The first kappa shape index (κ1) is 19.0. The second-order valence-corrected chi connectivity index (χ2v) is 7.35. The van der Waals surface area contributed by atoms with E-state index >= 15 is 0 Å². The van der Waals surface area contributed by atoms with Crippen molar-refractivity contribution in [3.63, 3.8) is 0 Å². The van der Waals surface area contributed by atoms with Gasteiger partial charge in [0.25, 0.3) is 0 Å². The molecule has 0 bridgehead atoms. The molecule has 9 nitrogen and oxygen atoms in total. The number of ether oxygens (including phenoxy) is 1. The van der Waals surface area contributed by atoms with E-state index in [9.17, 15) is 19.7 Å². The van der Waals surface area contributed by atoms with Crippen molar-refractivity contribution in [2.24, 2.45) is 0 Å². The standard InChI is InChI=1S/C17H20N4O5S/c1-3-26-17(23)15-11-6-4-5-7-12(11)27-16(15)18-14(22)9-20-10(2)8-13(19-20)21(24)25/h8H,3-7,9H2,1-2H3,(H,18,22). The SMILES string of the molecule is CCOC(=O)c1c(NC(=O)Cn2nc([N+](=O)[O-])cc2C)sc2c1CCCC2. The van der Waals surface area contributed by atoms with Gasteiger partial charge in [-0.3, -0.25) is 4.79 Å². The number of nitrogens with zero attached hydrogens (tertiary/aromatic N) is 3. The number of anilines is 1. The van der Waals surface area contributed by atoms with Crippen LogP contribution in [0, 0.1) is 17.0 Å². The predicted octanol–water partition coefficient (Wildman–Crippen LogP) is 2.86. The van der Waals surface area contributed by atoms with Gasteiger partial charge in [0.05, 0.1) is 29.0 Å². The Labute approximate surface area is 159 Å². The Bertz CT molecular complexity index is 902. The quantitative estimate of drug-likeness (QED) is 0.459. The molecule has 2 aromatic heterocycles. The summed E-state index contributed by atoms with van der Waals surface area (Å²) in [6, 6.07) is 1.31. The van der Waals surface area contributed by atoms with Crippen LogP contribution in [0.15, 0.2) is 6.07 Å². The highest BCUT2D eigenvalue weighted by Gasteiger charge is 2.27. The molecule has 1 amide bonds. The number of aryl methyl sites for hydroxylation is 2. The predicted molar refractivity (Wildman–Crippen MR) is 99.2 cm³/mol. The van der Waals surface area contributed by atoms with Crippen molar-refractivity contribution in [3.05, 3.63) is 37.9 Å². The van der Waals surface area contributed by atoms with Crippen molar-refractivity contribution in [3.8, 4) is 0 Å². The molecule has 0 fully saturated rings. The molecular formula is C17H20N4O5S. The number of thiophene rings is 1. The first-order valence-corrected chi connectivity index (χ1v) is 9.52. The van der Waals surface area contributed by atoms with E-state index < -0.39 is 16.8 Å². The van der Waals surface area contributed by atoms with E-state index in [4.69, 9.17) is 4.74 Å². The molecule has 0 saturated heterocycles. The molecule has 1 N–H and O–H groups in total. The van der Waals surface area contributed by atoms with Crippen LogP contribution < -0.4 is 5.32 Å². The Morgan fingerprint density at radius 3 is 2.81 bits per heavy atom. The maximum Gasteiger partial charge on any atom is 0.390 e. The first-order valence-electron chi connectivity index (χ1n) is 8.71. The zero-order valence-electron chi connectivity index (χ0n) is 15.1. The molecular weight excluding hydrogens is 372 g/mol. The molecule has 144 valence electrons. The lowest BCUT2D eigenvalue weighted by Gasteiger charge is -2.12. The van der Waals surface area contributed by atoms with Crippen LogP contribution in [0.5, 0.6) is 0 Å². The molecule has 27 heavy (non-hydrogen) atoms. The van der Waals surface area contributed by atoms with Crippen LogP contribution in [0.25, 0.3) is 0 Å². The van der Waals surface area contributed by atoms with E-state index in [-0.39, 0.29) is 19.0 Å². The van der Waals surface area contributed by atoms with Crippen molar-refractivity contribution in [2.75, 3.05) is 11.9 Å². The van der Waals surface area contributed by atoms with E-state index in [0.29, 0.717) is 16.3 Å². The summed E-state index contributed by atoms with van der Waals surface area (Å²) in [5, 5.41) is 17.9. The number of nitrogens with one attached hydrogen (secondary N) is 1. The van der Waals surface area contributed by atoms with Crippen molar-refractivity contribution < 1.29 is 19.2 Å². The largest absolute Gasteiger partial charge is 0.462 e. The fourth-order valence-corrected chi connectivity index (χ4v) is 4.41. The number of carbonyl (C=O) groups is 2. The number of hydrogen-bond acceptors (Lipinski definition) is 7. The summed E-state index contributed by atoms with van der Waals surface area (Å²) < 4.78 is 6.43. The summed E-state index contributed by atoms with van der Waals surface area (Å²) >= 11 is 1.40. The van der Waals surface area contributed by atoms with Gasteiger partial charge in [-0.2, -0.15) is 4.68 Å². The van der Waals surface area contributed by atoms with Gasteiger partial charge in [-0.25, -0.2) is 4.79 Å². The van der Waals surface area contributed by atoms with Crippen LogP contribution in [0.2, 0.25) is 0 Å². The highest BCUT2D eigenvalue weighted by Crippen LogP contribution is 2.38. The van der Waals surface area contributed by atoms with Crippen LogP contribution in [0.3, 0.4) is 0 Å². The van der Waals surface area contributed by atoms with Crippen LogP contribution in [-0.2, 0) is 28.9 Å². The number of nitro groups is 1. The summed E-state index contributed by atoms with van der Waals surface area (Å²) in [6.07, 6.45) is 3.73. The van der Waals surface area contributed by atoms with E-state index in [1.807, 2.05) is 0 Å². The number of esters is 1. The smallest absolute Gasteiger partial charge is 0.390 e. The zero-order chi connectivity index (χ0) is 19.6. The molecule has 0 spiro atoms. The lowest BCUT2D eigenvalue weighted by atomic mass is 9.95. The third kappa shape index (κ3) is 4.00. The van der Waals surface area contributed by atoms with Crippen LogP contribution in [0.4, 0.5) is 10.8 Å². The van der Waals surface area contributed by atoms with Gasteiger partial charge in [0.1, 0.15) is 11.5 Å². The molecule has 1 aliphatic carbocycles. The summed E-state index contributed by atoms with van der Waals surface area (Å²) in [5.41, 5.74) is 1.91. The number of rotatable bonds is 6. The summed E-state index contributed by atoms with van der Waals surface area (Å²) in [5.74, 6) is -1.14. The lowest BCUT2D eigenvalue weighted by molar-refractivity contribution is -0.389. The van der Waals surface area contributed by atoms with Crippen LogP contribution in [0.1, 0.15) is 46.3 Å². The number of aromatic nitrogens is 2. The van der Waals surface area contributed by atoms with Gasteiger partial charge in [0, 0.05) is 4.88 Å². The minimum Gasteiger partial charge on any atom is -0.462 e. The molecule has 0 unspecified atom stereocenters. The van der Waals surface area contributed by atoms with Gasteiger partial charge in [-0.05, 0) is 50.0 Å². The van der Waals surface area contributed by atoms with Crippen molar-refractivity contribution >= 4 is 34.0 Å². The topological polar surface area (TPSA) is 116 Å². The first-order chi connectivity index (χ1) is 12.9. The van der Waals surface area contributed by atoms with Crippen LogP contribution in [-0.4, -0.2) is 33.2 Å². The molecule has 0 radical (unpaired) electrons. The minimum atomic E-state index is -0.604. The molecule has 0 saturated carbocycles. The number of hydrogen-bond donors (Lipinski definition) is 1. The van der Waals surface area contributed by atoms with Gasteiger partial charge >= 0.3 is 11.8 Å². The molecule has 0 atom stereocenters. The third-order valence-electron chi connectivity index (χ3n) is 4.35. The summed E-state index contributed by atoms with van der Waals surface area (Å²) in [4.78, 5) is 36.2. The van der Waals surface area contributed by atoms with Gasteiger partial charge in [-0.1, -0.05) is 0 Å². The average molecular weight is 392 g/mol. The normalized spacial score (nSPS) is 13.1. The molecule has 2 heterocycles. The third-order valence-corrected chi connectivity index (χ3v) is 5.56. The highest BCUT2D eigenvalue weighted by molar-refractivity contribution is 7.17. The molecule has 0 aliphatic heterocycles.